The Morgan fingerprint density at radius 3 is 2.55 bits per heavy atom. The van der Waals surface area contributed by atoms with Gasteiger partial charge in [0.1, 0.15) is 0 Å². The minimum Gasteiger partial charge on any atom is -0.478 e. The molecule has 0 bridgehead atoms. The number of amides is 2. The van der Waals surface area contributed by atoms with E-state index in [1.54, 1.807) is 4.90 Å². The zero-order chi connectivity index (χ0) is 21.0. The predicted molar refractivity (Wildman–Crippen MR) is 110 cm³/mol. The van der Waals surface area contributed by atoms with Crippen LogP contribution in [0.1, 0.15) is 15.9 Å². The van der Waals surface area contributed by atoms with Crippen LogP contribution >= 0.6 is 0 Å². The van der Waals surface area contributed by atoms with Gasteiger partial charge in [-0.1, -0.05) is 12.1 Å². The lowest BCUT2D eigenvalue weighted by molar-refractivity contribution is -0.121. The predicted octanol–water partition coefficient (Wildman–Crippen LogP) is 1.17. The number of nitrogens with zero attached hydrogens (tertiary/aromatic N) is 2. The van der Waals surface area contributed by atoms with Gasteiger partial charge in [0.25, 0.3) is 0 Å². The summed E-state index contributed by atoms with van der Waals surface area (Å²) in [6.45, 7) is 1.81. The summed E-state index contributed by atoms with van der Waals surface area (Å²) in [5, 5.41) is 11.6. The second-order valence-corrected chi connectivity index (χ2v) is 7.14. The van der Waals surface area contributed by atoms with Crippen molar-refractivity contribution in [2.24, 2.45) is 5.73 Å². The third-order valence-electron chi connectivity index (χ3n) is 4.83. The standard InChI is InChI=1S/C21H24N4O4/c1-24-9-10-25(19(26)13-24)17-4-2-3-14(11-17)12-18(22)20(27)23-16-7-5-15(6-8-16)21(28)29/h2-8,11,18H,9-10,12-13,22H2,1H3,(H,23,27)(H,28,29). The number of piperazine rings is 1. The quantitative estimate of drug-likeness (QED) is 0.675. The number of benzene rings is 2. The van der Waals surface area contributed by atoms with E-state index in [2.05, 4.69) is 5.32 Å². The number of hydrogen-bond donors (Lipinski definition) is 3. The van der Waals surface area contributed by atoms with E-state index in [9.17, 15) is 14.4 Å². The molecular weight excluding hydrogens is 372 g/mol. The Labute approximate surface area is 168 Å². The van der Waals surface area contributed by atoms with Crippen molar-refractivity contribution in [3.05, 3.63) is 59.7 Å². The van der Waals surface area contributed by atoms with Gasteiger partial charge >= 0.3 is 5.97 Å². The number of anilines is 2. The first-order valence-corrected chi connectivity index (χ1v) is 9.31. The number of carbonyl (C=O) groups excluding carboxylic acids is 2. The van der Waals surface area contributed by atoms with Gasteiger partial charge in [0.2, 0.25) is 11.8 Å². The second kappa shape index (κ2) is 8.85. The number of aromatic carboxylic acids is 1. The molecule has 2 aromatic rings. The maximum Gasteiger partial charge on any atom is 0.335 e. The van der Waals surface area contributed by atoms with Gasteiger partial charge in [-0.3, -0.25) is 14.5 Å². The number of hydrogen-bond acceptors (Lipinski definition) is 5. The summed E-state index contributed by atoms with van der Waals surface area (Å²) in [4.78, 5) is 39.3. The van der Waals surface area contributed by atoms with E-state index in [1.807, 2.05) is 36.2 Å². The molecule has 0 spiro atoms. The summed E-state index contributed by atoms with van der Waals surface area (Å²) in [6.07, 6.45) is 0.314. The van der Waals surface area contributed by atoms with Gasteiger partial charge in [-0.15, -0.1) is 0 Å². The maximum absolute atomic E-state index is 12.4. The zero-order valence-electron chi connectivity index (χ0n) is 16.2. The first kappa shape index (κ1) is 20.5. The van der Waals surface area contributed by atoms with Crippen LogP contribution in [0.25, 0.3) is 0 Å². The molecule has 1 aliphatic heterocycles. The summed E-state index contributed by atoms with van der Waals surface area (Å²) in [5.74, 6) is -1.35. The highest BCUT2D eigenvalue weighted by Crippen LogP contribution is 2.20. The Morgan fingerprint density at radius 1 is 1.17 bits per heavy atom. The van der Waals surface area contributed by atoms with Gasteiger partial charge < -0.3 is 21.1 Å². The largest absolute Gasteiger partial charge is 0.478 e. The molecule has 1 fully saturated rings. The van der Waals surface area contributed by atoms with Crippen LogP contribution in [0.4, 0.5) is 11.4 Å². The van der Waals surface area contributed by atoms with Crippen LogP contribution in [0, 0.1) is 0 Å². The highest BCUT2D eigenvalue weighted by molar-refractivity contribution is 5.96. The average Bonchev–Trinajstić information content (AvgIpc) is 2.68. The smallest absolute Gasteiger partial charge is 0.335 e. The molecule has 8 heteroatoms. The highest BCUT2D eigenvalue weighted by atomic mass is 16.4. The van der Waals surface area contributed by atoms with Gasteiger partial charge in [0.15, 0.2) is 0 Å². The average molecular weight is 396 g/mol. The molecule has 3 rings (SSSR count). The van der Waals surface area contributed by atoms with Crippen LogP contribution in [0.5, 0.6) is 0 Å². The molecule has 2 amide bonds. The minimum atomic E-state index is -1.03. The van der Waals surface area contributed by atoms with Crippen molar-refractivity contribution >= 4 is 29.2 Å². The van der Waals surface area contributed by atoms with Crippen molar-refractivity contribution in [1.29, 1.82) is 0 Å². The lowest BCUT2D eigenvalue weighted by atomic mass is 10.0. The number of carboxylic acid groups (broad SMARTS) is 1. The Morgan fingerprint density at radius 2 is 1.90 bits per heavy atom. The van der Waals surface area contributed by atoms with Gasteiger partial charge in [-0.05, 0) is 55.4 Å². The van der Waals surface area contributed by atoms with E-state index in [-0.39, 0.29) is 17.4 Å². The Bertz CT molecular complexity index is 913. The van der Waals surface area contributed by atoms with Crippen molar-refractivity contribution in [1.82, 2.24) is 4.90 Å². The first-order chi connectivity index (χ1) is 13.8. The van der Waals surface area contributed by atoms with Crippen LogP contribution in [-0.4, -0.2) is 60.5 Å². The van der Waals surface area contributed by atoms with Crippen molar-refractivity contribution in [3.8, 4) is 0 Å². The fraction of sp³-hybridized carbons (Fsp3) is 0.286. The third kappa shape index (κ3) is 5.18. The Hall–Kier alpha value is -3.23. The molecule has 4 N–H and O–H groups in total. The van der Waals surface area contributed by atoms with Crippen molar-refractivity contribution in [3.63, 3.8) is 0 Å². The van der Waals surface area contributed by atoms with Gasteiger partial charge in [0.05, 0.1) is 18.2 Å². The fourth-order valence-corrected chi connectivity index (χ4v) is 3.19. The van der Waals surface area contributed by atoms with Gasteiger partial charge in [-0.25, -0.2) is 4.79 Å². The molecule has 0 aliphatic carbocycles. The summed E-state index contributed by atoms with van der Waals surface area (Å²) >= 11 is 0. The number of nitrogens with two attached hydrogens (primary N) is 1. The molecule has 0 radical (unpaired) electrons. The number of nitrogens with one attached hydrogen (secondary N) is 1. The van der Waals surface area contributed by atoms with E-state index in [0.717, 1.165) is 17.8 Å². The number of likely N-dealkylation sites (N-methyl/N-ethyl adjacent to an activating group) is 1. The van der Waals surface area contributed by atoms with Gasteiger partial charge in [0, 0.05) is 24.5 Å². The number of rotatable bonds is 6. The fourth-order valence-electron chi connectivity index (χ4n) is 3.19. The third-order valence-corrected chi connectivity index (χ3v) is 4.83. The number of carboxylic acids is 1. The monoisotopic (exact) mass is 396 g/mol. The Balaban J connectivity index is 1.62. The molecule has 29 heavy (non-hydrogen) atoms. The molecule has 1 heterocycles. The molecule has 0 saturated carbocycles. The van der Waals surface area contributed by atoms with Crippen molar-refractivity contribution in [2.45, 2.75) is 12.5 Å². The van der Waals surface area contributed by atoms with E-state index in [4.69, 9.17) is 10.8 Å². The van der Waals surface area contributed by atoms with Crippen LogP contribution < -0.4 is 16.0 Å². The van der Waals surface area contributed by atoms with E-state index in [0.29, 0.717) is 25.2 Å². The second-order valence-electron chi connectivity index (χ2n) is 7.14. The van der Waals surface area contributed by atoms with Crippen LogP contribution in [0.2, 0.25) is 0 Å². The SMILES string of the molecule is CN1CCN(c2cccc(CC(N)C(=O)Nc3ccc(C(=O)O)cc3)c2)C(=O)C1. The normalized spacial score (nSPS) is 15.8. The molecule has 1 unspecified atom stereocenters. The lowest BCUT2D eigenvalue weighted by Gasteiger charge is -2.32. The summed E-state index contributed by atoms with van der Waals surface area (Å²) in [7, 11) is 1.92. The number of carbonyl (C=O) groups is 3. The molecular formula is C21H24N4O4. The summed E-state index contributed by atoms with van der Waals surface area (Å²) in [5.41, 5.74) is 8.34. The summed E-state index contributed by atoms with van der Waals surface area (Å²) in [6, 6.07) is 12.6. The molecule has 1 atom stereocenters. The van der Waals surface area contributed by atoms with Crippen LogP contribution in [0.3, 0.4) is 0 Å². The highest BCUT2D eigenvalue weighted by Gasteiger charge is 2.23. The lowest BCUT2D eigenvalue weighted by Crippen LogP contribution is -2.48. The van der Waals surface area contributed by atoms with E-state index >= 15 is 0 Å². The molecule has 0 aromatic heterocycles. The van der Waals surface area contributed by atoms with Crippen LogP contribution in [0.15, 0.2) is 48.5 Å². The molecule has 2 aromatic carbocycles. The van der Waals surface area contributed by atoms with E-state index < -0.39 is 12.0 Å². The van der Waals surface area contributed by atoms with E-state index in [1.165, 1.54) is 24.3 Å². The maximum atomic E-state index is 12.4. The molecule has 1 aliphatic rings. The molecule has 8 nitrogen and oxygen atoms in total. The van der Waals surface area contributed by atoms with Crippen molar-refractivity contribution in [2.75, 3.05) is 36.9 Å². The first-order valence-electron chi connectivity index (χ1n) is 9.31. The van der Waals surface area contributed by atoms with Crippen molar-refractivity contribution < 1.29 is 19.5 Å². The Kier molecular flexibility index (Phi) is 6.26. The van der Waals surface area contributed by atoms with Crippen LogP contribution in [-0.2, 0) is 16.0 Å². The summed E-state index contributed by atoms with van der Waals surface area (Å²) < 4.78 is 0. The van der Waals surface area contributed by atoms with Gasteiger partial charge in [-0.2, -0.15) is 0 Å². The zero-order valence-corrected chi connectivity index (χ0v) is 16.2. The molecule has 152 valence electrons. The topological polar surface area (TPSA) is 116 Å². The molecule has 1 saturated heterocycles. The minimum absolute atomic E-state index is 0.0442.